The molecular weight excluding hydrogens is 384 g/mol. The minimum absolute atomic E-state index is 0.0464. The highest BCUT2D eigenvalue weighted by atomic mass is 35.5. The number of benzene rings is 1. The molecular formula is C14H11Cl4N3O2. The van der Waals surface area contributed by atoms with Crippen LogP contribution in [0.25, 0.3) is 5.69 Å². The molecule has 0 radical (unpaired) electrons. The number of carbonyl (C=O) groups is 1. The highest BCUT2D eigenvalue weighted by Crippen LogP contribution is 2.39. The fraction of sp³-hybridized carbons (Fsp3) is 0.286. The first-order valence-electron chi connectivity index (χ1n) is 6.84. The standard InChI is InChI=1S/C14H11Cl4N3O2/c15-8-5-9(11(17)12(18)10(8)16)21-14(23)7(6-22)13(19-21)20-3-1-2-4-20/h5-6,19H,1-4H2. The van der Waals surface area contributed by atoms with Gasteiger partial charge in [0.1, 0.15) is 11.4 Å². The number of hydrogen-bond acceptors (Lipinski definition) is 3. The van der Waals surface area contributed by atoms with Gasteiger partial charge in [0.2, 0.25) is 0 Å². The second kappa shape index (κ2) is 6.40. The summed E-state index contributed by atoms with van der Waals surface area (Å²) in [5.74, 6) is 0.473. The summed E-state index contributed by atoms with van der Waals surface area (Å²) in [4.78, 5) is 25.8. The average molecular weight is 395 g/mol. The van der Waals surface area contributed by atoms with Gasteiger partial charge in [0.25, 0.3) is 5.56 Å². The number of aromatic amines is 1. The number of H-pyrrole nitrogens is 1. The molecule has 1 aliphatic rings. The van der Waals surface area contributed by atoms with Crippen LogP contribution in [0.4, 0.5) is 5.82 Å². The molecule has 1 aromatic carbocycles. The number of anilines is 1. The molecule has 0 bridgehead atoms. The van der Waals surface area contributed by atoms with Gasteiger partial charge in [0, 0.05) is 13.1 Å². The summed E-state index contributed by atoms with van der Waals surface area (Å²) in [5, 5.41) is 3.32. The van der Waals surface area contributed by atoms with Crippen LogP contribution in [-0.2, 0) is 0 Å². The number of nitrogens with one attached hydrogen (secondary N) is 1. The second-order valence-corrected chi connectivity index (χ2v) is 6.69. The molecule has 1 saturated heterocycles. The topological polar surface area (TPSA) is 58.1 Å². The zero-order valence-corrected chi connectivity index (χ0v) is 14.7. The van der Waals surface area contributed by atoms with Gasteiger partial charge in [0.05, 0.1) is 25.8 Å². The van der Waals surface area contributed by atoms with Crippen molar-refractivity contribution in [3.63, 3.8) is 0 Å². The van der Waals surface area contributed by atoms with Crippen LogP contribution in [0.1, 0.15) is 23.2 Å². The predicted molar refractivity (Wildman–Crippen MR) is 93.3 cm³/mol. The number of nitrogens with zero attached hydrogens (tertiary/aromatic N) is 2. The van der Waals surface area contributed by atoms with E-state index in [-0.39, 0.29) is 31.3 Å². The van der Waals surface area contributed by atoms with E-state index in [1.807, 2.05) is 4.90 Å². The van der Waals surface area contributed by atoms with E-state index < -0.39 is 5.56 Å². The molecule has 0 aliphatic carbocycles. The van der Waals surface area contributed by atoms with E-state index in [1.54, 1.807) is 0 Å². The third-order valence-electron chi connectivity index (χ3n) is 3.77. The van der Waals surface area contributed by atoms with Gasteiger partial charge in [-0.15, -0.1) is 0 Å². The first-order chi connectivity index (χ1) is 11.0. The minimum Gasteiger partial charge on any atom is -0.356 e. The molecule has 0 atom stereocenters. The Morgan fingerprint density at radius 3 is 2.30 bits per heavy atom. The summed E-state index contributed by atoms with van der Waals surface area (Å²) in [5.41, 5.74) is -0.229. The Kier molecular flexibility index (Phi) is 4.65. The molecule has 0 saturated carbocycles. The Morgan fingerprint density at radius 1 is 1.04 bits per heavy atom. The molecule has 1 fully saturated rings. The van der Waals surface area contributed by atoms with Crippen LogP contribution in [-0.4, -0.2) is 29.2 Å². The van der Waals surface area contributed by atoms with Gasteiger partial charge >= 0.3 is 0 Å². The molecule has 3 rings (SSSR count). The predicted octanol–water partition coefficient (Wildman–Crippen LogP) is 4.19. The van der Waals surface area contributed by atoms with Gasteiger partial charge in [-0.1, -0.05) is 46.4 Å². The lowest BCUT2D eigenvalue weighted by Gasteiger charge is -2.15. The Bertz CT molecular complexity index is 838. The maximum Gasteiger partial charge on any atom is 0.284 e. The summed E-state index contributed by atoms with van der Waals surface area (Å²) in [6, 6.07) is 1.43. The van der Waals surface area contributed by atoms with Gasteiger partial charge in [-0.2, -0.15) is 0 Å². The number of halogens is 4. The Morgan fingerprint density at radius 2 is 1.70 bits per heavy atom. The van der Waals surface area contributed by atoms with Gasteiger partial charge in [-0.25, -0.2) is 4.68 Å². The zero-order chi connectivity index (χ0) is 16.7. The number of hydrogen-bond donors (Lipinski definition) is 1. The fourth-order valence-corrected chi connectivity index (χ4v) is 3.50. The van der Waals surface area contributed by atoms with Crippen molar-refractivity contribution in [2.75, 3.05) is 18.0 Å². The first kappa shape index (κ1) is 16.7. The third-order valence-corrected chi connectivity index (χ3v) is 5.51. The van der Waals surface area contributed by atoms with Crippen LogP contribution >= 0.6 is 46.4 Å². The van der Waals surface area contributed by atoms with Crippen molar-refractivity contribution in [3.05, 3.63) is 42.1 Å². The lowest BCUT2D eigenvalue weighted by molar-refractivity contribution is 0.112. The molecule has 2 heterocycles. The van der Waals surface area contributed by atoms with Crippen LogP contribution in [0.2, 0.25) is 20.1 Å². The van der Waals surface area contributed by atoms with E-state index in [2.05, 4.69) is 5.10 Å². The molecule has 1 N–H and O–H groups in total. The fourth-order valence-electron chi connectivity index (χ4n) is 2.62. The van der Waals surface area contributed by atoms with E-state index >= 15 is 0 Å². The summed E-state index contributed by atoms with van der Waals surface area (Å²) >= 11 is 24.2. The van der Waals surface area contributed by atoms with E-state index in [0.29, 0.717) is 12.1 Å². The minimum atomic E-state index is -0.516. The Balaban J connectivity index is 2.22. The maximum absolute atomic E-state index is 12.5. The third kappa shape index (κ3) is 2.76. The summed E-state index contributed by atoms with van der Waals surface area (Å²) in [6.45, 7) is 1.55. The van der Waals surface area contributed by atoms with Crippen LogP contribution in [0, 0.1) is 0 Å². The maximum atomic E-state index is 12.5. The van der Waals surface area contributed by atoms with Crippen LogP contribution in [0.15, 0.2) is 10.9 Å². The largest absolute Gasteiger partial charge is 0.356 e. The van der Waals surface area contributed by atoms with E-state index in [1.165, 1.54) is 6.07 Å². The van der Waals surface area contributed by atoms with Crippen LogP contribution in [0.3, 0.4) is 0 Å². The van der Waals surface area contributed by atoms with Gasteiger partial charge in [-0.3, -0.25) is 14.7 Å². The lowest BCUT2D eigenvalue weighted by Crippen LogP contribution is -2.20. The summed E-state index contributed by atoms with van der Waals surface area (Å²) in [6.07, 6.45) is 2.55. The monoisotopic (exact) mass is 393 g/mol. The van der Waals surface area contributed by atoms with Crippen molar-refractivity contribution in [1.82, 2.24) is 9.78 Å². The second-order valence-electron chi connectivity index (χ2n) is 5.15. The Hall–Kier alpha value is -1.14. The van der Waals surface area contributed by atoms with Crippen molar-refractivity contribution >= 4 is 58.5 Å². The average Bonchev–Trinajstić information content (AvgIpc) is 3.16. The molecule has 0 amide bonds. The quantitative estimate of drug-likeness (QED) is 0.482. The van der Waals surface area contributed by atoms with Crippen molar-refractivity contribution in [2.24, 2.45) is 0 Å². The molecule has 23 heavy (non-hydrogen) atoms. The normalized spacial score (nSPS) is 14.5. The lowest BCUT2D eigenvalue weighted by atomic mass is 10.3. The van der Waals surface area contributed by atoms with Gasteiger partial charge in [-0.05, 0) is 18.9 Å². The van der Waals surface area contributed by atoms with E-state index in [0.717, 1.165) is 30.6 Å². The molecule has 1 aliphatic heterocycles. The van der Waals surface area contributed by atoms with Crippen molar-refractivity contribution in [2.45, 2.75) is 12.8 Å². The SMILES string of the molecule is O=Cc1c(N2CCCC2)[nH]n(-c2cc(Cl)c(Cl)c(Cl)c2Cl)c1=O. The van der Waals surface area contributed by atoms with Crippen molar-refractivity contribution in [1.29, 1.82) is 0 Å². The smallest absolute Gasteiger partial charge is 0.284 e. The summed E-state index contributed by atoms with van der Waals surface area (Å²) in [7, 11) is 0. The molecule has 122 valence electrons. The van der Waals surface area contributed by atoms with Gasteiger partial charge in [0.15, 0.2) is 6.29 Å². The highest BCUT2D eigenvalue weighted by molar-refractivity contribution is 6.52. The zero-order valence-electron chi connectivity index (χ0n) is 11.7. The molecule has 9 heteroatoms. The van der Waals surface area contributed by atoms with Crippen molar-refractivity contribution in [3.8, 4) is 5.69 Å². The highest BCUT2D eigenvalue weighted by Gasteiger charge is 2.24. The summed E-state index contributed by atoms with van der Waals surface area (Å²) < 4.78 is 1.16. The molecule has 0 unspecified atom stereocenters. The molecule has 0 spiro atoms. The molecule has 5 nitrogen and oxygen atoms in total. The Labute approximate surface area is 151 Å². The van der Waals surface area contributed by atoms with E-state index in [9.17, 15) is 9.59 Å². The van der Waals surface area contributed by atoms with Crippen LogP contribution in [0.5, 0.6) is 0 Å². The first-order valence-corrected chi connectivity index (χ1v) is 8.35. The number of rotatable bonds is 3. The number of carbonyl (C=O) groups excluding carboxylic acids is 1. The molecule has 1 aromatic heterocycles. The van der Waals surface area contributed by atoms with Crippen LogP contribution < -0.4 is 10.5 Å². The van der Waals surface area contributed by atoms with Gasteiger partial charge < -0.3 is 4.90 Å². The number of aromatic nitrogens is 2. The number of aldehydes is 1. The molecule has 2 aromatic rings. The van der Waals surface area contributed by atoms with E-state index in [4.69, 9.17) is 46.4 Å². The van der Waals surface area contributed by atoms with Crippen molar-refractivity contribution < 1.29 is 4.79 Å².